The molecule has 0 saturated carbocycles. The molecule has 1 aromatic rings. The van der Waals surface area contributed by atoms with E-state index >= 15 is 0 Å². The highest BCUT2D eigenvalue weighted by atomic mass is 32.2. The van der Waals surface area contributed by atoms with Gasteiger partial charge in [-0.05, 0) is 19.1 Å². The normalized spacial score (nSPS) is 9.71. The SMILES string of the molecule is Cc1ccc(OCCSC(=N)N=C(N)N)cc1. The Labute approximate surface area is 105 Å². The van der Waals surface area contributed by atoms with Crippen LogP contribution in [-0.4, -0.2) is 23.5 Å². The van der Waals surface area contributed by atoms with E-state index in [2.05, 4.69) is 4.99 Å². The molecule has 1 aromatic carbocycles. The van der Waals surface area contributed by atoms with Crippen LogP contribution in [0, 0.1) is 12.3 Å². The van der Waals surface area contributed by atoms with Gasteiger partial charge < -0.3 is 16.2 Å². The molecule has 0 aliphatic carbocycles. The molecule has 0 amide bonds. The fourth-order valence-electron chi connectivity index (χ4n) is 1.08. The molecule has 6 heteroatoms. The highest BCUT2D eigenvalue weighted by Gasteiger charge is 1.97. The van der Waals surface area contributed by atoms with Gasteiger partial charge >= 0.3 is 0 Å². The molecule has 0 atom stereocenters. The number of hydrogen-bond acceptors (Lipinski definition) is 3. The quantitative estimate of drug-likeness (QED) is 0.427. The minimum absolute atomic E-state index is 0.0949. The van der Waals surface area contributed by atoms with Crippen LogP contribution in [0.25, 0.3) is 0 Å². The van der Waals surface area contributed by atoms with Crippen molar-refractivity contribution in [1.29, 1.82) is 5.41 Å². The summed E-state index contributed by atoms with van der Waals surface area (Å²) in [6.07, 6.45) is 0. The summed E-state index contributed by atoms with van der Waals surface area (Å²) in [7, 11) is 0. The minimum atomic E-state index is -0.0954. The zero-order valence-electron chi connectivity index (χ0n) is 9.64. The van der Waals surface area contributed by atoms with E-state index in [1.165, 1.54) is 17.3 Å². The van der Waals surface area contributed by atoms with Gasteiger partial charge in [-0.3, -0.25) is 5.41 Å². The number of guanidine groups is 1. The van der Waals surface area contributed by atoms with Gasteiger partial charge in [0, 0.05) is 5.75 Å². The van der Waals surface area contributed by atoms with E-state index in [1.807, 2.05) is 31.2 Å². The van der Waals surface area contributed by atoms with Crippen LogP contribution in [-0.2, 0) is 0 Å². The van der Waals surface area contributed by atoms with Crippen LogP contribution in [0.15, 0.2) is 29.3 Å². The molecule has 0 radical (unpaired) electrons. The van der Waals surface area contributed by atoms with Gasteiger partial charge in [-0.15, -0.1) is 0 Å². The summed E-state index contributed by atoms with van der Waals surface area (Å²) in [5.41, 5.74) is 11.5. The third-order valence-corrected chi connectivity index (χ3v) is 2.58. The summed E-state index contributed by atoms with van der Waals surface area (Å²) < 4.78 is 5.49. The van der Waals surface area contributed by atoms with E-state index in [0.717, 1.165) is 5.75 Å². The number of ether oxygens (including phenoxy) is 1. The highest BCUT2D eigenvalue weighted by Crippen LogP contribution is 2.12. The standard InChI is InChI=1S/C11H16N4OS/c1-8-2-4-9(5-3-8)16-6-7-17-11(14)15-10(12)13/h2-5H,6-7H2,1H3,(H5,12,13,14,15). The van der Waals surface area contributed by atoms with E-state index in [9.17, 15) is 0 Å². The molecule has 0 aliphatic rings. The van der Waals surface area contributed by atoms with Crippen LogP contribution in [0.5, 0.6) is 5.75 Å². The molecule has 5 nitrogen and oxygen atoms in total. The molecule has 0 heterocycles. The number of nitrogens with two attached hydrogens (primary N) is 2. The predicted molar refractivity (Wildman–Crippen MR) is 72.7 cm³/mol. The van der Waals surface area contributed by atoms with Crippen molar-refractivity contribution < 1.29 is 4.74 Å². The molecule has 0 bridgehead atoms. The van der Waals surface area contributed by atoms with Crippen molar-refractivity contribution in [3.05, 3.63) is 29.8 Å². The maximum absolute atomic E-state index is 7.39. The first kappa shape index (κ1) is 13.4. The summed E-state index contributed by atoms with van der Waals surface area (Å²) in [5, 5.41) is 7.49. The van der Waals surface area contributed by atoms with E-state index in [0.29, 0.717) is 12.4 Å². The average Bonchev–Trinajstić information content (AvgIpc) is 2.26. The summed E-state index contributed by atoms with van der Waals surface area (Å²) in [4.78, 5) is 3.60. The van der Waals surface area contributed by atoms with Crippen LogP contribution in [0.3, 0.4) is 0 Å². The third kappa shape index (κ3) is 5.82. The number of hydrogen-bond donors (Lipinski definition) is 3. The van der Waals surface area contributed by atoms with Crippen molar-refractivity contribution in [2.24, 2.45) is 16.5 Å². The third-order valence-electron chi connectivity index (χ3n) is 1.84. The largest absolute Gasteiger partial charge is 0.493 e. The van der Waals surface area contributed by atoms with Crippen LogP contribution in [0.1, 0.15) is 5.56 Å². The lowest BCUT2D eigenvalue weighted by Crippen LogP contribution is -2.23. The molecular weight excluding hydrogens is 236 g/mol. The summed E-state index contributed by atoms with van der Waals surface area (Å²) >= 11 is 1.24. The Morgan fingerprint density at radius 2 is 2.00 bits per heavy atom. The van der Waals surface area contributed by atoms with Crippen LogP contribution < -0.4 is 16.2 Å². The fraction of sp³-hybridized carbons (Fsp3) is 0.273. The van der Waals surface area contributed by atoms with Crippen molar-refractivity contribution >= 4 is 22.9 Å². The van der Waals surface area contributed by atoms with Gasteiger partial charge in [0.05, 0.1) is 6.61 Å². The zero-order chi connectivity index (χ0) is 12.7. The Kier molecular flexibility index (Phi) is 5.35. The van der Waals surface area contributed by atoms with Crippen molar-refractivity contribution in [3.63, 3.8) is 0 Å². The zero-order valence-corrected chi connectivity index (χ0v) is 10.5. The van der Waals surface area contributed by atoms with E-state index in [4.69, 9.17) is 21.6 Å². The lowest BCUT2D eigenvalue weighted by atomic mass is 10.2. The molecule has 0 aromatic heterocycles. The smallest absolute Gasteiger partial charge is 0.193 e. The Hall–Kier alpha value is -1.69. The van der Waals surface area contributed by atoms with Gasteiger partial charge in [0.1, 0.15) is 5.75 Å². The van der Waals surface area contributed by atoms with Gasteiger partial charge in [0.15, 0.2) is 11.1 Å². The average molecular weight is 252 g/mol. The number of thioether (sulfide) groups is 1. The van der Waals surface area contributed by atoms with Crippen molar-refractivity contribution in [1.82, 2.24) is 0 Å². The lowest BCUT2D eigenvalue weighted by molar-refractivity contribution is 0.344. The second-order valence-electron chi connectivity index (χ2n) is 3.35. The highest BCUT2D eigenvalue weighted by molar-refractivity contribution is 8.13. The summed E-state index contributed by atoms with van der Waals surface area (Å²) in [5.74, 6) is 1.36. The molecule has 0 aliphatic heterocycles. The maximum Gasteiger partial charge on any atom is 0.193 e. The maximum atomic E-state index is 7.39. The van der Waals surface area contributed by atoms with Crippen LogP contribution >= 0.6 is 11.8 Å². The molecule has 5 N–H and O–H groups in total. The van der Waals surface area contributed by atoms with E-state index < -0.39 is 0 Å². The van der Waals surface area contributed by atoms with Crippen molar-refractivity contribution in [2.75, 3.05) is 12.4 Å². The first-order valence-corrected chi connectivity index (χ1v) is 6.07. The Bertz CT molecular complexity index is 398. The Morgan fingerprint density at radius 1 is 1.35 bits per heavy atom. The first-order valence-electron chi connectivity index (χ1n) is 5.08. The van der Waals surface area contributed by atoms with Crippen molar-refractivity contribution in [3.8, 4) is 5.75 Å². The second-order valence-corrected chi connectivity index (χ2v) is 4.44. The molecule has 1 rings (SSSR count). The molecule has 92 valence electrons. The first-order chi connectivity index (χ1) is 8.08. The van der Waals surface area contributed by atoms with Crippen LogP contribution in [0.4, 0.5) is 0 Å². The number of nitrogens with zero attached hydrogens (tertiary/aromatic N) is 1. The van der Waals surface area contributed by atoms with Crippen LogP contribution in [0.2, 0.25) is 0 Å². The van der Waals surface area contributed by atoms with E-state index in [-0.39, 0.29) is 11.1 Å². The number of nitrogens with one attached hydrogen (secondary N) is 1. The summed E-state index contributed by atoms with van der Waals surface area (Å²) in [6.45, 7) is 2.53. The number of rotatable bonds is 4. The lowest BCUT2D eigenvalue weighted by Gasteiger charge is -2.05. The Balaban J connectivity index is 2.22. The molecule has 0 spiro atoms. The molecular formula is C11H16N4OS. The second kappa shape index (κ2) is 6.80. The molecule has 0 saturated heterocycles. The number of aliphatic imine (C=N–C) groups is 1. The topological polar surface area (TPSA) is 97.5 Å². The van der Waals surface area contributed by atoms with Gasteiger partial charge in [-0.1, -0.05) is 29.5 Å². The predicted octanol–water partition coefficient (Wildman–Crippen LogP) is 1.32. The minimum Gasteiger partial charge on any atom is -0.493 e. The monoisotopic (exact) mass is 252 g/mol. The van der Waals surface area contributed by atoms with Crippen molar-refractivity contribution in [2.45, 2.75) is 6.92 Å². The number of benzene rings is 1. The summed E-state index contributed by atoms with van der Waals surface area (Å²) in [6, 6.07) is 7.82. The number of aryl methyl sites for hydroxylation is 1. The molecule has 0 unspecified atom stereocenters. The van der Waals surface area contributed by atoms with Gasteiger partial charge in [-0.2, -0.15) is 4.99 Å². The Morgan fingerprint density at radius 3 is 2.59 bits per heavy atom. The van der Waals surface area contributed by atoms with Gasteiger partial charge in [0.25, 0.3) is 0 Å². The molecule has 17 heavy (non-hydrogen) atoms. The van der Waals surface area contributed by atoms with E-state index in [1.54, 1.807) is 0 Å². The number of amidine groups is 1. The van der Waals surface area contributed by atoms with Gasteiger partial charge in [0.2, 0.25) is 0 Å². The fourth-order valence-corrected chi connectivity index (χ4v) is 1.61. The van der Waals surface area contributed by atoms with Gasteiger partial charge in [-0.25, -0.2) is 0 Å². The molecule has 0 fully saturated rings.